The number of amides is 1. The van der Waals surface area contributed by atoms with E-state index in [0.29, 0.717) is 25.2 Å². The predicted molar refractivity (Wildman–Crippen MR) is 68.5 cm³/mol. The molecule has 94 valence electrons. The molecule has 0 aromatic heterocycles. The molecule has 0 bridgehead atoms. The average molecular weight is 236 g/mol. The van der Waals surface area contributed by atoms with Gasteiger partial charge in [0.2, 0.25) is 5.91 Å². The molecule has 0 aliphatic heterocycles. The van der Waals surface area contributed by atoms with Crippen molar-refractivity contribution < 1.29 is 9.90 Å². The Morgan fingerprint density at radius 1 is 1.29 bits per heavy atom. The van der Waals surface area contributed by atoms with Crippen LogP contribution in [-0.2, 0) is 11.2 Å². The van der Waals surface area contributed by atoms with Crippen molar-refractivity contribution in [2.75, 3.05) is 25.4 Å². The van der Waals surface area contributed by atoms with E-state index in [9.17, 15) is 4.79 Å². The Kier molecular flexibility index (Phi) is 5.49. The number of rotatable bonds is 6. The lowest BCUT2D eigenvalue weighted by Gasteiger charge is -2.21. The second-order valence-corrected chi connectivity index (χ2v) is 4.02. The van der Waals surface area contributed by atoms with Crippen LogP contribution in [0.1, 0.15) is 18.9 Å². The van der Waals surface area contributed by atoms with E-state index in [1.165, 1.54) is 0 Å². The highest BCUT2D eigenvalue weighted by atomic mass is 16.3. The molecule has 17 heavy (non-hydrogen) atoms. The molecule has 0 aliphatic rings. The van der Waals surface area contributed by atoms with Crippen LogP contribution in [0.5, 0.6) is 0 Å². The number of carbonyl (C=O) groups excluding carboxylic acids is 1. The van der Waals surface area contributed by atoms with Crippen molar-refractivity contribution >= 4 is 11.6 Å². The van der Waals surface area contributed by atoms with Crippen molar-refractivity contribution in [2.45, 2.75) is 19.8 Å². The smallest absolute Gasteiger partial charge is 0.227 e. The predicted octanol–water partition coefficient (Wildman–Crippen LogP) is 1.04. The van der Waals surface area contributed by atoms with E-state index in [1.807, 2.05) is 19.1 Å². The number of nitrogen functional groups attached to an aromatic ring is 1. The maximum absolute atomic E-state index is 12.0. The fraction of sp³-hybridized carbons (Fsp3) is 0.462. The van der Waals surface area contributed by atoms with Crippen molar-refractivity contribution in [1.29, 1.82) is 0 Å². The molecule has 0 unspecified atom stereocenters. The molecule has 0 radical (unpaired) electrons. The zero-order valence-electron chi connectivity index (χ0n) is 10.2. The van der Waals surface area contributed by atoms with E-state index >= 15 is 0 Å². The molecule has 4 heteroatoms. The first kappa shape index (κ1) is 13.5. The summed E-state index contributed by atoms with van der Waals surface area (Å²) in [6.07, 6.45) is 1.26. The van der Waals surface area contributed by atoms with Gasteiger partial charge >= 0.3 is 0 Å². The molecule has 0 aliphatic carbocycles. The fourth-order valence-electron chi connectivity index (χ4n) is 1.67. The van der Waals surface area contributed by atoms with Crippen molar-refractivity contribution in [3.05, 3.63) is 29.8 Å². The van der Waals surface area contributed by atoms with Gasteiger partial charge in [0, 0.05) is 18.8 Å². The summed E-state index contributed by atoms with van der Waals surface area (Å²) in [5, 5.41) is 8.90. The van der Waals surface area contributed by atoms with Crippen molar-refractivity contribution in [1.82, 2.24) is 4.90 Å². The van der Waals surface area contributed by atoms with E-state index in [1.54, 1.807) is 17.0 Å². The Morgan fingerprint density at radius 2 is 1.94 bits per heavy atom. The molecule has 4 nitrogen and oxygen atoms in total. The number of anilines is 1. The first-order valence-corrected chi connectivity index (χ1v) is 5.90. The molecule has 3 N–H and O–H groups in total. The van der Waals surface area contributed by atoms with Crippen molar-refractivity contribution in [3.8, 4) is 0 Å². The highest BCUT2D eigenvalue weighted by Gasteiger charge is 2.12. The van der Waals surface area contributed by atoms with Crippen LogP contribution < -0.4 is 5.73 Å². The zero-order valence-corrected chi connectivity index (χ0v) is 10.2. The molecule has 0 saturated heterocycles. The molecule has 0 heterocycles. The highest BCUT2D eigenvalue weighted by Crippen LogP contribution is 2.07. The third-order valence-corrected chi connectivity index (χ3v) is 2.55. The molecule has 0 atom stereocenters. The quantitative estimate of drug-likeness (QED) is 0.725. The summed E-state index contributed by atoms with van der Waals surface area (Å²) in [7, 11) is 0. The second-order valence-electron chi connectivity index (χ2n) is 4.02. The Morgan fingerprint density at radius 3 is 2.47 bits per heavy atom. The van der Waals surface area contributed by atoms with Crippen LogP contribution in [0.25, 0.3) is 0 Å². The standard InChI is InChI=1S/C13H20N2O2/c1-2-7-15(8-9-16)13(17)10-11-3-5-12(14)6-4-11/h3-6,16H,2,7-10,14H2,1H3. The van der Waals surface area contributed by atoms with Crippen LogP contribution in [-0.4, -0.2) is 35.6 Å². The topological polar surface area (TPSA) is 66.6 Å². The van der Waals surface area contributed by atoms with Crippen LogP contribution in [0, 0.1) is 0 Å². The Labute approximate surface area is 102 Å². The minimum absolute atomic E-state index is 0.00742. The Bertz CT molecular complexity index is 343. The third kappa shape index (κ3) is 4.44. The monoisotopic (exact) mass is 236 g/mol. The fourth-order valence-corrected chi connectivity index (χ4v) is 1.67. The Hall–Kier alpha value is -1.55. The Balaban J connectivity index is 2.59. The molecule has 1 aromatic rings. The summed E-state index contributed by atoms with van der Waals surface area (Å²) in [6, 6.07) is 7.30. The van der Waals surface area contributed by atoms with Crippen molar-refractivity contribution in [3.63, 3.8) is 0 Å². The number of aliphatic hydroxyl groups excluding tert-OH is 1. The number of carbonyl (C=O) groups is 1. The lowest BCUT2D eigenvalue weighted by atomic mass is 10.1. The van der Waals surface area contributed by atoms with Gasteiger partial charge in [-0.15, -0.1) is 0 Å². The van der Waals surface area contributed by atoms with E-state index < -0.39 is 0 Å². The molecule has 0 spiro atoms. The van der Waals surface area contributed by atoms with Gasteiger partial charge < -0.3 is 15.7 Å². The number of aliphatic hydroxyl groups is 1. The molecule has 1 amide bonds. The molecular weight excluding hydrogens is 216 g/mol. The number of hydrogen-bond donors (Lipinski definition) is 2. The van der Waals surface area contributed by atoms with Crippen LogP contribution in [0.4, 0.5) is 5.69 Å². The maximum Gasteiger partial charge on any atom is 0.227 e. The van der Waals surface area contributed by atoms with Gasteiger partial charge in [-0.25, -0.2) is 0 Å². The van der Waals surface area contributed by atoms with Crippen LogP contribution >= 0.6 is 0 Å². The van der Waals surface area contributed by atoms with Crippen LogP contribution in [0.15, 0.2) is 24.3 Å². The summed E-state index contributed by atoms with van der Waals surface area (Å²) in [5.74, 6) is 0.0469. The summed E-state index contributed by atoms with van der Waals surface area (Å²) in [6.45, 7) is 3.12. The normalized spacial score (nSPS) is 10.2. The summed E-state index contributed by atoms with van der Waals surface area (Å²) >= 11 is 0. The SMILES string of the molecule is CCCN(CCO)C(=O)Cc1ccc(N)cc1. The third-order valence-electron chi connectivity index (χ3n) is 2.55. The first-order valence-electron chi connectivity index (χ1n) is 5.90. The largest absolute Gasteiger partial charge is 0.399 e. The molecule has 0 fully saturated rings. The number of nitrogens with zero attached hydrogens (tertiary/aromatic N) is 1. The van der Waals surface area contributed by atoms with Crippen molar-refractivity contribution in [2.24, 2.45) is 0 Å². The van der Waals surface area contributed by atoms with E-state index in [-0.39, 0.29) is 12.5 Å². The van der Waals surface area contributed by atoms with Crippen LogP contribution in [0.3, 0.4) is 0 Å². The minimum atomic E-state index is 0.00742. The molecule has 1 rings (SSSR count). The lowest BCUT2D eigenvalue weighted by Crippen LogP contribution is -2.35. The van der Waals surface area contributed by atoms with Gasteiger partial charge in [0.1, 0.15) is 0 Å². The van der Waals surface area contributed by atoms with E-state index in [4.69, 9.17) is 10.8 Å². The van der Waals surface area contributed by atoms with Gasteiger partial charge in [0.05, 0.1) is 13.0 Å². The number of hydrogen-bond acceptors (Lipinski definition) is 3. The minimum Gasteiger partial charge on any atom is -0.399 e. The lowest BCUT2D eigenvalue weighted by molar-refractivity contribution is -0.131. The molecule has 1 aromatic carbocycles. The van der Waals surface area contributed by atoms with Gasteiger partial charge in [-0.1, -0.05) is 19.1 Å². The van der Waals surface area contributed by atoms with Crippen LogP contribution in [0.2, 0.25) is 0 Å². The maximum atomic E-state index is 12.0. The molecular formula is C13H20N2O2. The van der Waals surface area contributed by atoms with Gasteiger partial charge in [-0.2, -0.15) is 0 Å². The van der Waals surface area contributed by atoms with Gasteiger partial charge in [-0.05, 0) is 24.1 Å². The van der Waals surface area contributed by atoms with Gasteiger partial charge in [0.15, 0.2) is 0 Å². The van der Waals surface area contributed by atoms with Gasteiger partial charge in [-0.3, -0.25) is 4.79 Å². The van der Waals surface area contributed by atoms with Gasteiger partial charge in [0.25, 0.3) is 0 Å². The van der Waals surface area contributed by atoms with E-state index in [0.717, 1.165) is 12.0 Å². The number of benzene rings is 1. The first-order chi connectivity index (χ1) is 8.17. The van der Waals surface area contributed by atoms with E-state index in [2.05, 4.69) is 0 Å². The summed E-state index contributed by atoms with van der Waals surface area (Å²) in [5.41, 5.74) is 7.23. The molecule has 0 saturated carbocycles. The summed E-state index contributed by atoms with van der Waals surface area (Å²) in [4.78, 5) is 13.7. The second kappa shape index (κ2) is 6.91. The zero-order chi connectivity index (χ0) is 12.7. The summed E-state index contributed by atoms with van der Waals surface area (Å²) < 4.78 is 0. The average Bonchev–Trinajstić information content (AvgIpc) is 2.32. The number of nitrogens with two attached hydrogens (primary N) is 1. The highest BCUT2D eigenvalue weighted by molar-refractivity contribution is 5.78.